The van der Waals surface area contributed by atoms with Crippen LogP contribution in [0.2, 0.25) is 0 Å². The third-order valence-corrected chi connectivity index (χ3v) is 4.11. The number of carbonyl (C=O) groups excluding carboxylic acids is 1. The summed E-state index contributed by atoms with van der Waals surface area (Å²) in [5.41, 5.74) is 0. The number of ether oxygens (including phenoxy) is 1. The number of rotatable bonds is 4. The van der Waals surface area contributed by atoms with Gasteiger partial charge in [-0.15, -0.1) is 16.7 Å². The van der Waals surface area contributed by atoms with Crippen molar-refractivity contribution in [3.05, 3.63) is 30.5 Å². The lowest BCUT2D eigenvalue weighted by molar-refractivity contribution is -0.132. The summed E-state index contributed by atoms with van der Waals surface area (Å²) in [6.07, 6.45) is 3.81. The lowest BCUT2D eigenvalue weighted by Gasteiger charge is -2.32. The van der Waals surface area contributed by atoms with E-state index in [4.69, 9.17) is 16.3 Å². The topological polar surface area (TPSA) is 55.3 Å². The molecular formula is C16H18ClN3O2. The summed E-state index contributed by atoms with van der Waals surface area (Å²) in [6, 6.07) is 7.90. The molecule has 1 amide bonds. The first-order valence-electron chi connectivity index (χ1n) is 7.49. The minimum atomic E-state index is 0.0696. The number of likely N-dealkylation sites (tertiary alicyclic amines) is 1. The van der Waals surface area contributed by atoms with E-state index in [1.165, 1.54) is 0 Å². The number of piperidine rings is 1. The standard InChI is InChI=1S/C16H18ClN3O2/c17-8-5-15(21)20-9-6-13(7-10-20)22-16-14-4-2-1-3-12(14)11-18-19-16/h1-4,11,13H,5-10H2. The number of hydrogen-bond acceptors (Lipinski definition) is 4. The van der Waals surface area contributed by atoms with Crippen LogP contribution in [0.4, 0.5) is 0 Å². The van der Waals surface area contributed by atoms with Crippen LogP contribution in [-0.2, 0) is 4.79 Å². The summed E-state index contributed by atoms with van der Waals surface area (Å²) >= 11 is 5.62. The number of halogens is 1. The van der Waals surface area contributed by atoms with E-state index in [0.29, 0.717) is 31.3 Å². The molecule has 0 bridgehead atoms. The summed E-state index contributed by atoms with van der Waals surface area (Å²) in [4.78, 5) is 13.7. The molecule has 0 spiro atoms. The van der Waals surface area contributed by atoms with Gasteiger partial charge in [0.1, 0.15) is 6.10 Å². The van der Waals surface area contributed by atoms with Crippen LogP contribution in [0.15, 0.2) is 30.5 Å². The molecular weight excluding hydrogens is 302 g/mol. The zero-order valence-corrected chi connectivity index (χ0v) is 13.0. The number of nitrogens with zero attached hydrogens (tertiary/aromatic N) is 3. The van der Waals surface area contributed by atoms with Gasteiger partial charge in [-0.3, -0.25) is 4.79 Å². The molecule has 5 nitrogen and oxygen atoms in total. The normalized spacial score (nSPS) is 16.0. The molecule has 0 radical (unpaired) electrons. The molecule has 0 atom stereocenters. The van der Waals surface area contributed by atoms with Crippen molar-refractivity contribution in [1.29, 1.82) is 0 Å². The highest BCUT2D eigenvalue weighted by Crippen LogP contribution is 2.25. The number of fused-ring (bicyclic) bond motifs is 1. The van der Waals surface area contributed by atoms with Gasteiger partial charge >= 0.3 is 0 Å². The third-order valence-electron chi connectivity index (χ3n) is 3.92. The molecule has 6 heteroatoms. The molecule has 0 saturated carbocycles. The molecule has 1 fully saturated rings. The minimum Gasteiger partial charge on any atom is -0.473 e. The van der Waals surface area contributed by atoms with Crippen LogP contribution in [0.1, 0.15) is 19.3 Å². The first kappa shape index (κ1) is 15.0. The summed E-state index contributed by atoms with van der Waals surface area (Å²) in [7, 11) is 0. The summed E-state index contributed by atoms with van der Waals surface area (Å²) in [5, 5.41) is 10.1. The smallest absolute Gasteiger partial charge is 0.241 e. The van der Waals surface area contributed by atoms with Crippen LogP contribution >= 0.6 is 11.6 Å². The van der Waals surface area contributed by atoms with E-state index in [-0.39, 0.29) is 12.0 Å². The summed E-state index contributed by atoms with van der Waals surface area (Å²) in [5.74, 6) is 1.07. The molecule has 1 aliphatic rings. The Labute approximate surface area is 134 Å². The summed E-state index contributed by atoms with van der Waals surface area (Å²) < 4.78 is 6.02. The highest BCUT2D eigenvalue weighted by atomic mass is 35.5. The molecule has 0 unspecified atom stereocenters. The Morgan fingerprint density at radius 1 is 1.32 bits per heavy atom. The second-order valence-electron chi connectivity index (χ2n) is 5.37. The fraction of sp³-hybridized carbons (Fsp3) is 0.438. The highest BCUT2D eigenvalue weighted by Gasteiger charge is 2.24. The van der Waals surface area contributed by atoms with E-state index >= 15 is 0 Å². The van der Waals surface area contributed by atoms with Crippen LogP contribution in [0.3, 0.4) is 0 Å². The van der Waals surface area contributed by atoms with Gasteiger partial charge in [-0.1, -0.05) is 18.2 Å². The second kappa shape index (κ2) is 6.92. The molecule has 0 N–H and O–H groups in total. The van der Waals surface area contributed by atoms with Crippen molar-refractivity contribution in [3.8, 4) is 5.88 Å². The van der Waals surface area contributed by atoms with Crippen molar-refractivity contribution in [3.63, 3.8) is 0 Å². The Balaban J connectivity index is 1.64. The average molecular weight is 320 g/mol. The van der Waals surface area contributed by atoms with E-state index in [0.717, 1.165) is 23.6 Å². The van der Waals surface area contributed by atoms with E-state index < -0.39 is 0 Å². The minimum absolute atomic E-state index is 0.0696. The van der Waals surface area contributed by atoms with E-state index in [2.05, 4.69) is 10.2 Å². The SMILES string of the molecule is O=C(CCCl)N1CCC(Oc2nncc3ccccc23)CC1. The maximum atomic E-state index is 11.8. The molecule has 1 aromatic carbocycles. The Hall–Kier alpha value is -1.88. The van der Waals surface area contributed by atoms with E-state index in [1.807, 2.05) is 29.2 Å². The van der Waals surface area contributed by atoms with Crippen molar-refractivity contribution in [2.24, 2.45) is 0 Å². The number of benzene rings is 1. The van der Waals surface area contributed by atoms with Gasteiger partial charge in [0.05, 0.1) is 6.20 Å². The Morgan fingerprint density at radius 3 is 2.86 bits per heavy atom. The molecule has 1 aromatic heterocycles. The van der Waals surface area contributed by atoms with Crippen LogP contribution < -0.4 is 4.74 Å². The van der Waals surface area contributed by atoms with Crippen molar-refractivity contribution < 1.29 is 9.53 Å². The van der Waals surface area contributed by atoms with Crippen LogP contribution in [0.5, 0.6) is 5.88 Å². The van der Waals surface area contributed by atoms with Crippen molar-refractivity contribution in [1.82, 2.24) is 15.1 Å². The molecule has 1 aliphatic heterocycles. The number of hydrogen-bond donors (Lipinski definition) is 0. The van der Waals surface area contributed by atoms with Gasteiger partial charge in [-0.05, 0) is 6.07 Å². The molecule has 3 rings (SSSR count). The Morgan fingerprint density at radius 2 is 2.09 bits per heavy atom. The van der Waals surface area contributed by atoms with Gasteiger partial charge in [0, 0.05) is 49.0 Å². The van der Waals surface area contributed by atoms with Gasteiger partial charge in [-0.2, -0.15) is 5.10 Å². The molecule has 1 saturated heterocycles. The monoisotopic (exact) mass is 319 g/mol. The molecule has 116 valence electrons. The van der Waals surface area contributed by atoms with E-state index in [9.17, 15) is 4.79 Å². The van der Waals surface area contributed by atoms with E-state index in [1.54, 1.807) is 6.20 Å². The number of amides is 1. The van der Waals surface area contributed by atoms with Crippen LogP contribution in [0.25, 0.3) is 10.8 Å². The lowest BCUT2D eigenvalue weighted by atomic mass is 10.1. The predicted octanol–water partition coefficient (Wildman–Crippen LogP) is 2.63. The summed E-state index contributed by atoms with van der Waals surface area (Å²) in [6.45, 7) is 1.41. The fourth-order valence-corrected chi connectivity index (χ4v) is 2.87. The highest BCUT2D eigenvalue weighted by molar-refractivity contribution is 6.18. The number of aromatic nitrogens is 2. The van der Waals surface area contributed by atoms with Crippen molar-refractivity contribution >= 4 is 28.3 Å². The lowest BCUT2D eigenvalue weighted by Crippen LogP contribution is -2.41. The number of alkyl halides is 1. The Kier molecular flexibility index (Phi) is 4.73. The van der Waals surface area contributed by atoms with Gasteiger partial charge in [-0.25, -0.2) is 0 Å². The first-order valence-corrected chi connectivity index (χ1v) is 8.02. The Bertz CT molecular complexity index is 651. The van der Waals surface area contributed by atoms with Gasteiger partial charge in [0.2, 0.25) is 11.8 Å². The van der Waals surface area contributed by atoms with Crippen LogP contribution in [-0.4, -0.2) is 46.1 Å². The van der Waals surface area contributed by atoms with Gasteiger partial charge in [0.25, 0.3) is 0 Å². The molecule has 22 heavy (non-hydrogen) atoms. The first-order chi connectivity index (χ1) is 10.8. The zero-order valence-electron chi connectivity index (χ0n) is 12.2. The van der Waals surface area contributed by atoms with Crippen molar-refractivity contribution in [2.75, 3.05) is 19.0 Å². The molecule has 2 heterocycles. The predicted molar refractivity (Wildman–Crippen MR) is 85.1 cm³/mol. The quantitative estimate of drug-likeness (QED) is 0.813. The third kappa shape index (κ3) is 3.30. The second-order valence-corrected chi connectivity index (χ2v) is 5.75. The average Bonchev–Trinajstić information content (AvgIpc) is 2.56. The fourth-order valence-electron chi connectivity index (χ4n) is 2.71. The number of carbonyl (C=O) groups is 1. The largest absolute Gasteiger partial charge is 0.473 e. The molecule has 2 aromatic rings. The van der Waals surface area contributed by atoms with Crippen LogP contribution in [0, 0.1) is 0 Å². The maximum absolute atomic E-state index is 11.8. The maximum Gasteiger partial charge on any atom is 0.241 e. The van der Waals surface area contributed by atoms with Crippen molar-refractivity contribution in [2.45, 2.75) is 25.4 Å². The van der Waals surface area contributed by atoms with Gasteiger partial charge in [0.15, 0.2) is 0 Å². The van der Waals surface area contributed by atoms with Gasteiger partial charge < -0.3 is 9.64 Å². The molecule has 0 aliphatic carbocycles. The zero-order chi connectivity index (χ0) is 15.4.